The molecule has 1 aliphatic heterocycles. The molecule has 1 aliphatic rings. The SMILES string of the molecule is Cc1ccc(/C=C2/Oc3ccc(N)cc3N(Cc3ccccc3C)C2=O)cc1. The van der Waals surface area contributed by atoms with Crippen LogP contribution in [0.3, 0.4) is 0 Å². The number of hydrogen-bond donors (Lipinski definition) is 1. The van der Waals surface area contributed by atoms with Crippen molar-refractivity contribution < 1.29 is 9.53 Å². The molecule has 0 saturated carbocycles. The Hall–Kier alpha value is -3.53. The van der Waals surface area contributed by atoms with Crippen molar-refractivity contribution in [2.24, 2.45) is 0 Å². The highest BCUT2D eigenvalue weighted by atomic mass is 16.5. The highest BCUT2D eigenvalue weighted by Crippen LogP contribution is 2.38. The molecule has 0 atom stereocenters. The van der Waals surface area contributed by atoms with E-state index in [2.05, 4.69) is 0 Å². The highest BCUT2D eigenvalue weighted by molar-refractivity contribution is 6.10. The van der Waals surface area contributed by atoms with Gasteiger partial charge in [0.05, 0.1) is 12.2 Å². The Kier molecular flexibility index (Phi) is 4.62. The number of carbonyl (C=O) groups excluding carboxylic acids is 1. The first-order valence-electron chi connectivity index (χ1n) is 9.23. The average molecular weight is 370 g/mol. The lowest BCUT2D eigenvalue weighted by Crippen LogP contribution is -2.37. The predicted octanol–water partition coefficient (Wildman–Crippen LogP) is 4.85. The summed E-state index contributed by atoms with van der Waals surface area (Å²) in [5.74, 6) is 0.748. The van der Waals surface area contributed by atoms with Crippen molar-refractivity contribution in [3.63, 3.8) is 0 Å². The Balaban J connectivity index is 1.77. The number of carbonyl (C=O) groups is 1. The number of nitrogens with two attached hydrogens (primary N) is 1. The lowest BCUT2D eigenvalue weighted by Gasteiger charge is -2.31. The molecule has 4 rings (SSSR count). The van der Waals surface area contributed by atoms with Crippen LogP contribution >= 0.6 is 0 Å². The van der Waals surface area contributed by atoms with E-state index >= 15 is 0 Å². The van der Waals surface area contributed by atoms with E-state index < -0.39 is 0 Å². The smallest absolute Gasteiger partial charge is 0.294 e. The first-order chi connectivity index (χ1) is 13.5. The van der Waals surface area contributed by atoms with Crippen molar-refractivity contribution in [3.05, 3.63) is 94.7 Å². The molecule has 2 N–H and O–H groups in total. The van der Waals surface area contributed by atoms with Gasteiger partial charge in [0.2, 0.25) is 0 Å². The maximum Gasteiger partial charge on any atom is 0.294 e. The van der Waals surface area contributed by atoms with E-state index in [-0.39, 0.29) is 5.91 Å². The number of nitrogens with zero attached hydrogens (tertiary/aromatic N) is 1. The van der Waals surface area contributed by atoms with Crippen LogP contribution in [0, 0.1) is 13.8 Å². The van der Waals surface area contributed by atoms with Crippen LogP contribution in [-0.4, -0.2) is 5.91 Å². The number of nitrogen functional groups attached to an aromatic ring is 1. The van der Waals surface area contributed by atoms with E-state index in [0.29, 0.717) is 29.4 Å². The fourth-order valence-electron chi connectivity index (χ4n) is 3.26. The Morgan fingerprint density at radius 1 is 1.00 bits per heavy atom. The van der Waals surface area contributed by atoms with Gasteiger partial charge in [-0.15, -0.1) is 0 Å². The summed E-state index contributed by atoms with van der Waals surface area (Å²) in [6.07, 6.45) is 1.78. The van der Waals surface area contributed by atoms with Crippen LogP contribution in [0.4, 0.5) is 11.4 Å². The Morgan fingerprint density at radius 3 is 2.50 bits per heavy atom. The predicted molar refractivity (Wildman–Crippen MR) is 113 cm³/mol. The molecule has 0 saturated heterocycles. The molecule has 0 aliphatic carbocycles. The molecule has 0 unspecified atom stereocenters. The Morgan fingerprint density at radius 2 is 1.75 bits per heavy atom. The minimum atomic E-state index is -0.179. The normalized spacial score (nSPS) is 14.7. The molecule has 1 heterocycles. The maximum atomic E-state index is 13.3. The minimum Gasteiger partial charge on any atom is -0.449 e. The van der Waals surface area contributed by atoms with Gasteiger partial charge in [0.15, 0.2) is 11.5 Å². The van der Waals surface area contributed by atoms with E-state index in [1.165, 1.54) is 5.56 Å². The molecule has 1 amide bonds. The number of amides is 1. The number of aryl methyl sites for hydroxylation is 2. The lowest BCUT2D eigenvalue weighted by molar-refractivity contribution is -0.117. The number of hydrogen-bond acceptors (Lipinski definition) is 3. The van der Waals surface area contributed by atoms with Gasteiger partial charge in [0.1, 0.15) is 0 Å². The van der Waals surface area contributed by atoms with Gasteiger partial charge >= 0.3 is 0 Å². The standard InChI is InChI=1S/C24H22N2O2/c1-16-7-9-18(10-8-16)13-23-24(27)26(15-19-6-4-3-5-17(19)2)21-14-20(25)11-12-22(21)28-23/h3-14H,15,25H2,1-2H3/b23-13+. The monoisotopic (exact) mass is 370 g/mol. The van der Waals surface area contributed by atoms with Crippen LogP contribution in [-0.2, 0) is 11.3 Å². The number of benzene rings is 3. The molecule has 0 bridgehead atoms. The van der Waals surface area contributed by atoms with Crippen molar-refractivity contribution in [3.8, 4) is 5.75 Å². The summed E-state index contributed by atoms with van der Waals surface area (Å²) in [5.41, 5.74) is 11.6. The third kappa shape index (κ3) is 3.49. The zero-order valence-electron chi connectivity index (χ0n) is 16.0. The number of rotatable bonds is 3. The van der Waals surface area contributed by atoms with Crippen LogP contribution in [0.25, 0.3) is 6.08 Å². The number of fused-ring (bicyclic) bond motifs is 1. The molecule has 28 heavy (non-hydrogen) atoms. The van der Waals surface area contributed by atoms with Gasteiger partial charge in [-0.2, -0.15) is 0 Å². The molecule has 0 aromatic heterocycles. The molecule has 0 spiro atoms. The van der Waals surface area contributed by atoms with E-state index in [4.69, 9.17) is 10.5 Å². The third-order valence-electron chi connectivity index (χ3n) is 4.91. The van der Waals surface area contributed by atoms with Gasteiger partial charge in [0.25, 0.3) is 5.91 Å². The van der Waals surface area contributed by atoms with E-state index in [9.17, 15) is 4.79 Å². The first kappa shape index (κ1) is 17.9. The highest BCUT2D eigenvalue weighted by Gasteiger charge is 2.30. The summed E-state index contributed by atoms with van der Waals surface area (Å²) in [6.45, 7) is 4.53. The summed E-state index contributed by atoms with van der Waals surface area (Å²) >= 11 is 0. The first-order valence-corrected chi connectivity index (χ1v) is 9.23. The molecule has 140 valence electrons. The zero-order valence-corrected chi connectivity index (χ0v) is 16.0. The van der Waals surface area contributed by atoms with Crippen molar-refractivity contribution in [2.45, 2.75) is 20.4 Å². The van der Waals surface area contributed by atoms with Crippen LogP contribution in [0.15, 0.2) is 72.5 Å². The summed E-state index contributed by atoms with van der Waals surface area (Å²) in [6, 6.07) is 21.4. The van der Waals surface area contributed by atoms with Crippen molar-refractivity contribution in [1.29, 1.82) is 0 Å². The van der Waals surface area contributed by atoms with E-state index in [1.54, 1.807) is 23.1 Å². The second-order valence-electron chi connectivity index (χ2n) is 7.07. The average Bonchev–Trinajstić information content (AvgIpc) is 2.68. The molecular weight excluding hydrogens is 348 g/mol. The molecule has 3 aromatic rings. The van der Waals surface area contributed by atoms with Gasteiger partial charge in [-0.3, -0.25) is 9.69 Å². The number of ether oxygens (including phenoxy) is 1. The minimum absolute atomic E-state index is 0.179. The fraction of sp³-hybridized carbons (Fsp3) is 0.125. The van der Waals surface area contributed by atoms with Gasteiger partial charge in [-0.25, -0.2) is 0 Å². The van der Waals surface area contributed by atoms with Gasteiger partial charge in [-0.1, -0.05) is 54.1 Å². The van der Waals surface area contributed by atoms with Gasteiger partial charge in [-0.05, 0) is 54.8 Å². The molecule has 0 fully saturated rings. The third-order valence-corrected chi connectivity index (χ3v) is 4.91. The molecule has 0 radical (unpaired) electrons. The van der Waals surface area contributed by atoms with Crippen molar-refractivity contribution >= 4 is 23.4 Å². The summed E-state index contributed by atoms with van der Waals surface area (Å²) in [4.78, 5) is 15.0. The lowest BCUT2D eigenvalue weighted by atomic mass is 10.1. The summed E-state index contributed by atoms with van der Waals surface area (Å²) in [7, 11) is 0. The summed E-state index contributed by atoms with van der Waals surface area (Å²) in [5, 5.41) is 0. The second-order valence-corrected chi connectivity index (χ2v) is 7.07. The number of anilines is 2. The fourth-order valence-corrected chi connectivity index (χ4v) is 3.26. The van der Waals surface area contributed by atoms with Crippen molar-refractivity contribution in [1.82, 2.24) is 0 Å². The second kappa shape index (κ2) is 7.24. The van der Waals surface area contributed by atoms with Gasteiger partial charge < -0.3 is 10.5 Å². The quantitative estimate of drug-likeness (QED) is 0.529. The van der Waals surface area contributed by atoms with Crippen LogP contribution in [0.5, 0.6) is 5.75 Å². The van der Waals surface area contributed by atoms with Crippen LogP contribution < -0.4 is 15.4 Å². The molecular formula is C24H22N2O2. The largest absolute Gasteiger partial charge is 0.449 e. The Bertz CT molecular complexity index is 1070. The summed E-state index contributed by atoms with van der Waals surface area (Å²) < 4.78 is 5.95. The van der Waals surface area contributed by atoms with Crippen LogP contribution in [0.2, 0.25) is 0 Å². The topological polar surface area (TPSA) is 55.6 Å². The molecule has 3 aromatic carbocycles. The molecule has 4 nitrogen and oxygen atoms in total. The maximum absolute atomic E-state index is 13.3. The van der Waals surface area contributed by atoms with Crippen LogP contribution in [0.1, 0.15) is 22.3 Å². The van der Waals surface area contributed by atoms with Crippen molar-refractivity contribution in [2.75, 3.05) is 10.6 Å². The van der Waals surface area contributed by atoms with E-state index in [1.807, 2.05) is 68.4 Å². The molecule has 4 heteroatoms. The Labute approximate surface area is 164 Å². The van der Waals surface area contributed by atoms with Gasteiger partial charge in [0, 0.05) is 5.69 Å². The zero-order chi connectivity index (χ0) is 19.7. The van der Waals surface area contributed by atoms with E-state index in [0.717, 1.165) is 16.7 Å².